The third kappa shape index (κ3) is 4.44. The first-order valence-electron chi connectivity index (χ1n) is 9.48. The molecule has 0 aliphatic heterocycles. The lowest BCUT2D eigenvalue weighted by Crippen LogP contribution is -2.20. The Hall–Kier alpha value is -2.48. The van der Waals surface area contributed by atoms with E-state index in [9.17, 15) is 22.1 Å². The fourth-order valence-electron chi connectivity index (χ4n) is 3.54. The van der Waals surface area contributed by atoms with Gasteiger partial charge in [0, 0.05) is 5.56 Å². The lowest BCUT2D eigenvalue weighted by atomic mass is 9.82. The van der Waals surface area contributed by atoms with Crippen LogP contribution in [0.2, 0.25) is 0 Å². The van der Waals surface area contributed by atoms with Crippen LogP contribution in [0, 0.1) is 17.1 Å². The number of sulfonamides is 1. The number of hydrogen-bond donors (Lipinski definition) is 2. The quantitative estimate of drug-likeness (QED) is 0.602. The Balaban J connectivity index is 3.17. The second-order valence-corrected chi connectivity index (χ2v) is 10.3. The van der Waals surface area contributed by atoms with E-state index in [4.69, 9.17) is 4.74 Å². The van der Waals surface area contributed by atoms with Gasteiger partial charge in [-0.05, 0) is 53.8 Å². The van der Waals surface area contributed by atoms with E-state index in [0.29, 0.717) is 11.1 Å². The van der Waals surface area contributed by atoms with E-state index in [-0.39, 0.29) is 34.3 Å². The minimum Gasteiger partial charge on any atom is -0.495 e. The number of nitriles is 1. The smallest absolute Gasteiger partial charge is 0.241 e. The molecule has 0 aromatic heterocycles. The van der Waals surface area contributed by atoms with Crippen molar-refractivity contribution in [2.45, 2.75) is 49.3 Å². The minimum atomic E-state index is -4.11. The summed E-state index contributed by atoms with van der Waals surface area (Å²) in [5.41, 5.74) is 1.38. The van der Waals surface area contributed by atoms with Gasteiger partial charge in [0.15, 0.2) is 10.7 Å². The van der Waals surface area contributed by atoms with Gasteiger partial charge in [-0.15, -0.1) is 0 Å². The molecular formula is C21H25FN2O5S2. The number of halogens is 1. The molecule has 0 amide bonds. The van der Waals surface area contributed by atoms with E-state index < -0.39 is 36.3 Å². The molecule has 0 spiro atoms. The second-order valence-electron chi connectivity index (χ2n) is 7.50. The van der Waals surface area contributed by atoms with Crippen molar-refractivity contribution in [3.63, 3.8) is 0 Å². The molecule has 2 aromatic rings. The molecule has 0 saturated heterocycles. The van der Waals surface area contributed by atoms with Crippen molar-refractivity contribution in [3.05, 3.63) is 40.7 Å². The minimum absolute atomic E-state index is 0.111. The standard InChI is InChI=1S/C21H25FN2O5S2/c1-11(2)15-9-13(10-23)19(22)17(12(3)4)18(15)14-7-8-16(31(27,28)24-5)21(30(25)26)20(14)29-6/h7-9,11-12,24,30H,1-6H3. The van der Waals surface area contributed by atoms with E-state index in [1.54, 1.807) is 13.8 Å². The average Bonchev–Trinajstić information content (AvgIpc) is 2.71. The molecule has 7 nitrogen and oxygen atoms in total. The third-order valence-electron chi connectivity index (χ3n) is 4.96. The topological polar surface area (TPSA) is 113 Å². The number of nitrogens with one attached hydrogen (secondary N) is 1. The highest BCUT2D eigenvalue weighted by molar-refractivity contribution is 7.90. The van der Waals surface area contributed by atoms with E-state index in [1.807, 2.05) is 19.9 Å². The highest BCUT2D eigenvalue weighted by Crippen LogP contribution is 2.45. The summed E-state index contributed by atoms with van der Waals surface area (Å²) in [5.74, 6) is -1.38. The fourth-order valence-corrected chi connectivity index (χ4v) is 5.57. The normalized spacial score (nSPS) is 11.9. The van der Waals surface area contributed by atoms with Crippen LogP contribution in [0.1, 0.15) is 56.2 Å². The number of benzene rings is 2. The number of rotatable bonds is 7. The first-order chi connectivity index (χ1) is 14.4. The molecule has 2 aromatic carbocycles. The van der Waals surface area contributed by atoms with Gasteiger partial charge in [-0.3, -0.25) is 0 Å². The van der Waals surface area contributed by atoms with Gasteiger partial charge in [0.2, 0.25) is 10.0 Å². The molecule has 0 aliphatic rings. The van der Waals surface area contributed by atoms with E-state index in [2.05, 4.69) is 4.72 Å². The molecule has 0 fully saturated rings. The van der Waals surface area contributed by atoms with Crippen LogP contribution >= 0.6 is 0 Å². The van der Waals surface area contributed by atoms with Crippen LogP contribution < -0.4 is 9.46 Å². The monoisotopic (exact) mass is 468 g/mol. The van der Waals surface area contributed by atoms with Crippen LogP contribution in [0.15, 0.2) is 28.0 Å². The number of thiol groups is 1. The molecule has 1 N–H and O–H groups in total. The zero-order valence-corrected chi connectivity index (χ0v) is 19.8. The summed E-state index contributed by atoms with van der Waals surface area (Å²) in [4.78, 5) is -0.975. The van der Waals surface area contributed by atoms with Crippen molar-refractivity contribution in [2.75, 3.05) is 14.2 Å². The van der Waals surface area contributed by atoms with Gasteiger partial charge in [-0.1, -0.05) is 27.7 Å². The highest BCUT2D eigenvalue weighted by Gasteiger charge is 2.29. The largest absolute Gasteiger partial charge is 0.495 e. The number of methoxy groups -OCH3 is 1. The highest BCUT2D eigenvalue weighted by atomic mass is 32.2. The molecular weight excluding hydrogens is 443 g/mol. The SMILES string of the molecule is CNS(=O)(=O)c1ccc(-c2c(C(C)C)cc(C#N)c(F)c2C(C)C)c(OC)c1[SH](=O)=O. The lowest BCUT2D eigenvalue weighted by Gasteiger charge is -2.24. The van der Waals surface area contributed by atoms with Crippen molar-refractivity contribution in [1.29, 1.82) is 5.26 Å². The molecule has 0 bridgehead atoms. The second kappa shape index (κ2) is 9.34. The number of nitrogens with zero attached hydrogens (tertiary/aromatic N) is 1. The Morgan fingerprint density at radius 1 is 1.16 bits per heavy atom. The number of hydrogen-bond acceptors (Lipinski definition) is 6. The van der Waals surface area contributed by atoms with Gasteiger partial charge in [-0.2, -0.15) is 5.26 Å². The summed E-state index contributed by atoms with van der Waals surface area (Å²) in [5, 5.41) is 9.39. The zero-order chi connectivity index (χ0) is 23.7. The van der Waals surface area contributed by atoms with Crippen molar-refractivity contribution >= 4 is 20.7 Å². The first-order valence-corrected chi connectivity index (χ1v) is 12.1. The van der Waals surface area contributed by atoms with Crippen molar-refractivity contribution in [2.24, 2.45) is 0 Å². The maximum atomic E-state index is 15.2. The first kappa shape index (κ1) is 24.8. The zero-order valence-electron chi connectivity index (χ0n) is 18.1. The van der Waals surface area contributed by atoms with Gasteiger partial charge in [0.25, 0.3) is 0 Å². The molecule has 168 valence electrons. The Kier molecular flexibility index (Phi) is 7.47. The van der Waals surface area contributed by atoms with Gasteiger partial charge in [-0.25, -0.2) is 25.9 Å². The molecule has 0 atom stereocenters. The Morgan fingerprint density at radius 3 is 2.19 bits per heavy atom. The van der Waals surface area contributed by atoms with Crippen LogP contribution in [0.25, 0.3) is 11.1 Å². The number of ether oxygens (including phenoxy) is 1. The van der Waals surface area contributed by atoms with Crippen LogP contribution in [0.4, 0.5) is 4.39 Å². The van der Waals surface area contributed by atoms with Gasteiger partial charge >= 0.3 is 0 Å². The molecule has 10 heteroatoms. The Morgan fingerprint density at radius 2 is 1.77 bits per heavy atom. The predicted octanol–water partition coefficient (Wildman–Crippen LogP) is 3.50. The Labute approximate surface area is 183 Å². The fraction of sp³-hybridized carbons (Fsp3) is 0.381. The molecule has 0 heterocycles. The van der Waals surface area contributed by atoms with Crippen molar-refractivity contribution in [1.82, 2.24) is 4.72 Å². The van der Waals surface area contributed by atoms with Gasteiger partial charge in [0.05, 0.1) is 12.7 Å². The summed E-state index contributed by atoms with van der Waals surface area (Å²) in [7, 11) is -5.09. The summed E-state index contributed by atoms with van der Waals surface area (Å²) < 4.78 is 71.7. The van der Waals surface area contributed by atoms with Crippen molar-refractivity contribution < 1.29 is 26.0 Å². The van der Waals surface area contributed by atoms with Gasteiger partial charge < -0.3 is 4.74 Å². The maximum Gasteiger partial charge on any atom is 0.241 e. The van der Waals surface area contributed by atoms with Crippen molar-refractivity contribution in [3.8, 4) is 22.9 Å². The van der Waals surface area contributed by atoms with Crippen LogP contribution in [0.3, 0.4) is 0 Å². The molecule has 0 saturated carbocycles. The van der Waals surface area contributed by atoms with E-state index in [1.165, 1.54) is 26.3 Å². The lowest BCUT2D eigenvalue weighted by molar-refractivity contribution is 0.402. The van der Waals surface area contributed by atoms with Crippen LogP contribution in [-0.2, 0) is 20.7 Å². The molecule has 31 heavy (non-hydrogen) atoms. The Bertz CT molecular complexity index is 1240. The average molecular weight is 469 g/mol. The molecule has 0 aliphatic carbocycles. The summed E-state index contributed by atoms with van der Waals surface area (Å²) in [6.07, 6.45) is 0. The third-order valence-corrected chi connectivity index (χ3v) is 7.38. The summed E-state index contributed by atoms with van der Waals surface area (Å²) >= 11 is 0. The van der Waals surface area contributed by atoms with E-state index >= 15 is 4.39 Å². The molecule has 2 rings (SSSR count). The summed E-state index contributed by atoms with van der Waals surface area (Å²) in [6, 6.07) is 5.88. The summed E-state index contributed by atoms with van der Waals surface area (Å²) in [6.45, 7) is 7.25. The molecule has 0 radical (unpaired) electrons. The van der Waals surface area contributed by atoms with Crippen LogP contribution in [0.5, 0.6) is 5.75 Å². The molecule has 0 unspecified atom stereocenters. The predicted molar refractivity (Wildman–Crippen MR) is 116 cm³/mol. The van der Waals surface area contributed by atoms with Gasteiger partial charge in [0.1, 0.15) is 27.4 Å². The van der Waals surface area contributed by atoms with E-state index in [0.717, 1.165) is 6.07 Å². The van der Waals surface area contributed by atoms with Crippen LogP contribution in [-0.4, -0.2) is 31.0 Å². The maximum absolute atomic E-state index is 15.2.